The lowest BCUT2D eigenvalue weighted by Gasteiger charge is -2.14. The molecule has 0 unspecified atom stereocenters. The Morgan fingerprint density at radius 1 is 1.23 bits per heavy atom. The van der Waals surface area contributed by atoms with Crippen LogP contribution < -0.4 is 10.1 Å². The van der Waals surface area contributed by atoms with Gasteiger partial charge in [0.25, 0.3) is 0 Å². The number of ether oxygens (including phenoxy) is 1. The van der Waals surface area contributed by atoms with Gasteiger partial charge in [-0.15, -0.1) is 0 Å². The monoisotopic (exact) mass is 432 g/mol. The lowest BCUT2D eigenvalue weighted by molar-refractivity contribution is -0.138. The van der Waals surface area contributed by atoms with Crippen LogP contribution in [0.4, 0.5) is 13.2 Å². The van der Waals surface area contributed by atoms with E-state index in [-0.39, 0.29) is 29.3 Å². The molecule has 0 atom stereocenters. The van der Waals surface area contributed by atoms with Crippen molar-refractivity contribution in [3.8, 4) is 23.1 Å². The minimum Gasteiger partial charge on any atom is -0.493 e. The van der Waals surface area contributed by atoms with Gasteiger partial charge >= 0.3 is 6.18 Å². The second-order valence-corrected chi connectivity index (χ2v) is 7.17. The molecule has 0 bridgehead atoms. The smallest absolute Gasteiger partial charge is 0.419 e. The number of alkyl halides is 3. The Labute approximate surface area is 177 Å². The summed E-state index contributed by atoms with van der Waals surface area (Å²) in [6.45, 7) is 3.81. The van der Waals surface area contributed by atoms with E-state index in [0.717, 1.165) is 19.2 Å². The van der Waals surface area contributed by atoms with Crippen molar-refractivity contribution in [3.05, 3.63) is 41.3 Å². The summed E-state index contributed by atoms with van der Waals surface area (Å²) in [7, 11) is 3.95. The SMILES string of the molecule is CCOc1ccc(-c2cc3[nH]c(CNCCN(C)C)nc3c(C#N)n2)cc1C(F)(F)F. The summed E-state index contributed by atoms with van der Waals surface area (Å²) >= 11 is 0. The number of nitrogens with one attached hydrogen (secondary N) is 2. The minimum absolute atomic E-state index is 0.0470. The van der Waals surface area contributed by atoms with Gasteiger partial charge in [0, 0.05) is 18.7 Å². The molecular weight excluding hydrogens is 409 g/mol. The second kappa shape index (κ2) is 9.32. The molecule has 0 fully saturated rings. The first kappa shape index (κ1) is 22.5. The molecule has 0 aliphatic rings. The number of nitriles is 1. The molecule has 0 amide bonds. The van der Waals surface area contributed by atoms with Crippen molar-refractivity contribution >= 4 is 11.0 Å². The molecule has 3 aromatic rings. The molecule has 7 nitrogen and oxygen atoms in total. The molecule has 2 heterocycles. The summed E-state index contributed by atoms with van der Waals surface area (Å²) in [5.74, 6) is 0.375. The predicted octanol–water partition coefficient (Wildman–Crippen LogP) is 3.57. The first-order chi connectivity index (χ1) is 14.7. The number of imidazole rings is 1. The number of benzene rings is 1. The standard InChI is InChI=1S/C21H23F3N6O/c1-4-31-18-6-5-13(9-14(18)21(22,23)24)15-10-16-20(17(11-25)27-15)29-19(28-16)12-26-7-8-30(2)3/h5-6,9-10,26H,4,7-8,12H2,1-3H3,(H,28,29). The number of fused-ring (bicyclic) bond motifs is 1. The van der Waals surface area contributed by atoms with Crippen LogP contribution in [0.25, 0.3) is 22.3 Å². The van der Waals surface area contributed by atoms with Crippen molar-refractivity contribution < 1.29 is 17.9 Å². The van der Waals surface area contributed by atoms with Crippen LogP contribution in [0, 0.1) is 11.3 Å². The third-order valence-corrected chi connectivity index (χ3v) is 4.53. The normalized spacial score (nSPS) is 11.8. The summed E-state index contributed by atoms with van der Waals surface area (Å²) in [4.78, 5) is 13.8. The maximum Gasteiger partial charge on any atom is 0.419 e. The fraction of sp³-hybridized carbons (Fsp3) is 0.381. The average molecular weight is 432 g/mol. The number of halogens is 3. The van der Waals surface area contributed by atoms with Crippen LogP contribution >= 0.6 is 0 Å². The number of likely N-dealkylation sites (N-methyl/N-ethyl adjacent to an activating group) is 1. The Morgan fingerprint density at radius 2 is 2.00 bits per heavy atom. The summed E-state index contributed by atoms with van der Waals surface area (Å²) < 4.78 is 45.6. The van der Waals surface area contributed by atoms with Crippen LogP contribution in [0.15, 0.2) is 24.3 Å². The summed E-state index contributed by atoms with van der Waals surface area (Å²) in [5, 5.41) is 12.7. The summed E-state index contributed by atoms with van der Waals surface area (Å²) in [6, 6.07) is 7.34. The van der Waals surface area contributed by atoms with Gasteiger partial charge in [-0.3, -0.25) is 0 Å². The molecule has 164 valence electrons. The maximum absolute atomic E-state index is 13.5. The van der Waals surface area contributed by atoms with E-state index >= 15 is 0 Å². The highest BCUT2D eigenvalue weighted by atomic mass is 19.4. The van der Waals surface area contributed by atoms with E-state index in [1.807, 2.05) is 25.1 Å². The Balaban J connectivity index is 1.97. The Kier molecular flexibility index (Phi) is 6.77. The molecule has 10 heteroatoms. The number of rotatable bonds is 8. The van der Waals surface area contributed by atoms with E-state index in [4.69, 9.17) is 4.74 Å². The van der Waals surface area contributed by atoms with E-state index in [0.29, 0.717) is 23.4 Å². The molecule has 0 radical (unpaired) electrons. The minimum atomic E-state index is -4.58. The Hall–Kier alpha value is -3.16. The van der Waals surface area contributed by atoms with Crippen LogP contribution in [-0.4, -0.2) is 53.6 Å². The Morgan fingerprint density at radius 3 is 2.65 bits per heavy atom. The quantitative estimate of drug-likeness (QED) is 0.529. The van der Waals surface area contributed by atoms with E-state index in [1.54, 1.807) is 13.0 Å². The molecule has 31 heavy (non-hydrogen) atoms. The van der Waals surface area contributed by atoms with E-state index in [2.05, 4.69) is 20.3 Å². The third-order valence-electron chi connectivity index (χ3n) is 4.53. The van der Waals surface area contributed by atoms with Crippen molar-refractivity contribution in [2.24, 2.45) is 0 Å². The number of hydrogen-bond acceptors (Lipinski definition) is 6. The van der Waals surface area contributed by atoms with Crippen molar-refractivity contribution in [1.29, 1.82) is 5.26 Å². The van der Waals surface area contributed by atoms with Gasteiger partial charge in [0.15, 0.2) is 5.69 Å². The summed E-state index contributed by atoms with van der Waals surface area (Å²) in [6.07, 6.45) is -4.58. The molecule has 2 N–H and O–H groups in total. The number of pyridine rings is 1. The van der Waals surface area contributed by atoms with E-state index in [1.165, 1.54) is 12.1 Å². The summed E-state index contributed by atoms with van der Waals surface area (Å²) in [5.41, 5.74) is 0.558. The van der Waals surface area contributed by atoms with Gasteiger partial charge < -0.3 is 19.9 Å². The number of aromatic amines is 1. The van der Waals surface area contributed by atoms with Crippen molar-refractivity contribution in [1.82, 2.24) is 25.2 Å². The molecule has 0 saturated carbocycles. The van der Waals surface area contributed by atoms with Gasteiger partial charge in [-0.05, 0) is 45.3 Å². The number of H-pyrrole nitrogens is 1. The van der Waals surface area contributed by atoms with Crippen LogP contribution in [0.3, 0.4) is 0 Å². The molecule has 1 aromatic carbocycles. The van der Waals surface area contributed by atoms with E-state index in [9.17, 15) is 18.4 Å². The molecule has 3 rings (SSSR count). The van der Waals surface area contributed by atoms with Gasteiger partial charge in [-0.2, -0.15) is 18.4 Å². The zero-order valence-corrected chi connectivity index (χ0v) is 17.5. The zero-order chi connectivity index (χ0) is 22.6. The first-order valence-corrected chi connectivity index (χ1v) is 9.72. The van der Waals surface area contributed by atoms with Crippen LogP contribution in [0.1, 0.15) is 24.0 Å². The molecule has 0 spiro atoms. The molecular formula is C21H23F3N6O. The lowest BCUT2D eigenvalue weighted by atomic mass is 10.1. The van der Waals surface area contributed by atoms with Crippen molar-refractivity contribution in [2.75, 3.05) is 33.8 Å². The van der Waals surface area contributed by atoms with Crippen LogP contribution in [0.2, 0.25) is 0 Å². The fourth-order valence-corrected chi connectivity index (χ4v) is 3.08. The zero-order valence-electron chi connectivity index (χ0n) is 17.5. The second-order valence-electron chi connectivity index (χ2n) is 7.17. The number of aromatic nitrogens is 3. The molecule has 2 aromatic heterocycles. The lowest BCUT2D eigenvalue weighted by Crippen LogP contribution is -2.26. The van der Waals surface area contributed by atoms with Gasteiger partial charge in [0.1, 0.15) is 23.2 Å². The Bertz CT molecular complexity index is 1100. The van der Waals surface area contributed by atoms with E-state index < -0.39 is 11.7 Å². The highest BCUT2D eigenvalue weighted by Crippen LogP contribution is 2.39. The molecule has 0 aliphatic carbocycles. The van der Waals surface area contributed by atoms with Gasteiger partial charge in [-0.1, -0.05) is 0 Å². The van der Waals surface area contributed by atoms with Gasteiger partial charge in [0.05, 0.1) is 29.9 Å². The topological polar surface area (TPSA) is 89.9 Å². The molecule has 0 saturated heterocycles. The maximum atomic E-state index is 13.5. The largest absolute Gasteiger partial charge is 0.493 e. The highest BCUT2D eigenvalue weighted by Gasteiger charge is 2.35. The first-order valence-electron chi connectivity index (χ1n) is 9.72. The number of nitrogens with zero attached hydrogens (tertiary/aromatic N) is 4. The van der Waals surface area contributed by atoms with Crippen molar-refractivity contribution in [2.45, 2.75) is 19.6 Å². The number of hydrogen-bond donors (Lipinski definition) is 2. The van der Waals surface area contributed by atoms with Gasteiger partial charge in [-0.25, -0.2) is 9.97 Å². The highest BCUT2D eigenvalue weighted by molar-refractivity contribution is 5.84. The van der Waals surface area contributed by atoms with Crippen LogP contribution in [-0.2, 0) is 12.7 Å². The van der Waals surface area contributed by atoms with Gasteiger partial charge in [0.2, 0.25) is 0 Å². The van der Waals surface area contributed by atoms with Crippen LogP contribution in [0.5, 0.6) is 5.75 Å². The fourth-order valence-electron chi connectivity index (χ4n) is 3.08. The third kappa shape index (κ3) is 5.31. The molecule has 0 aliphatic heterocycles. The van der Waals surface area contributed by atoms with Crippen molar-refractivity contribution in [3.63, 3.8) is 0 Å². The average Bonchev–Trinajstić information content (AvgIpc) is 3.13. The predicted molar refractivity (Wildman–Crippen MR) is 110 cm³/mol.